The highest BCUT2D eigenvalue weighted by Crippen LogP contribution is 2.38. The number of nitrogen functional groups attached to an aromatic ring is 1. The van der Waals surface area contributed by atoms with Gasteiger partial charge in [-0.3, -0.25) is 4.79 Å². The number of benzene rings is 2. The van der Waals surface area contributed by atoms with E-state index in [1.807, 2.05) is 0 Å². The topological polar surface area (TPSA) is 143 Å². The van der Waals surface area contributed by atoms with E-state index in [0.717, 1.165) is 11.1 Å². The highest BCUT2D eigenvalue weighted by molar-refractivity contribution is 5.98. The number of nitrogens with zero attached hydrogens (tertiary/aromatic N) is 6. The van der Waals surface area contributed by atoms with E-state index in [4.69, 9.17) is 20.3 Å². The molecule has 0 radical (unpaired) electrons. The fourth-order valence-electron chi connectivity index (χ4n) is 4.78. The van der Waals surface area contributed by atoms with E-state index in [-0.39, 0.29) is 30.3 Å². The van der Waals surface area contributed by atoms with Crippen LogP contribution in [0, 0.1) is 12.7 Å². The van der Waals surface area contributed by atoms with Crippen LogP contribution >= 0.6 is 0 Å². The Morgan fingerprint density at radius 3 is 2.51 bits per heavy atom. The van der Waals surface area contributed by atoms with Gasteiger partial charge < -0.3 is 20.5 Å². The van der Waals surface area contributed by atoms with E-state index in [1.165, 1.54) is 18.5 Å². The van der Waals surface area contributed by atoms with Crippen LogP contribution in [0.15, 0.2) is 73.6 Å². The summed E-state index contributed by atoms with van der Waals surface area (Å²) in [6.07, 6.45) is 5.77. The molecule has 5 aromatic rings. The summed E-state index contributed by atoms with van der Waals surface area (Å²) in [6, 6.07) is 10.9. The minimum Gasteiger partial charge on any atom is -0.489 e. The summed E-state index contributed by atoms with van der Waals surface area (Å²) >= 11 is 0. The summed E-state index contributed by atoms with van der Waals surface area (Å²) in [4.78, 5) is 28.4. The summed E-state index contributed by atoms with van der Waals surface area (Å²) in [5, 5.41) is 7.98. The smallest absolute Gasteiger partial charge is 0.279 e. The normalized spacial score (nSPS) is 16.0. The maximum Gasteiger partial charge on any atom is 0.279 e. The third-order valence-electron chi connectivity index (χ3n) is 7.01. The van der Waals surface area contributed by atoms with Gasteiger partial charge in [0.2, 0.25) is 0 Å². The molecular formula is C30H26F2N8O3. The number of hydrogen-bond donors (Lipinski definition) is 2. The number of aryl methyl sites for hydroxylation is 1. The third kappa shape index (κ3) is 5.96. The fraction of sp³-hybridized carbons (Fsp3) is 0.200. The number of amides is 1. The summed E-state index contributed by atoms with van der Waals surface area (Å²) in [6.45, 7) is 4.99. The number of halogens is 2. The Bertz CT molecular complexity index is 1820. The Balaban J connectivity index is 1.18. The maximum atomic E-state index is 14.3. The summed E-state index contributed by atoms with van der Waals surface area (Å²) in [7, 11) is 0. The molecule has 1 aliphatic carbocycles. The van der Waals surface area contributed by atoms with Gasteiger partial charge in [0.15, 0.2) is 11.5 Å². The number of fused-ring (bicyclic) bond motifs is 1. The van der Waals surface area contributed by atoms with Gasteiger partial charge in [0, 0.05) is 47.8 Å². The van der Waals surface area contributed by atoms with Gasteiger partial charge in [-0.2, -0.15) is 5.10 Å². The molecule has 0 spiro atoms. The second-order valence-corrected chi connectivity index (χ2v) is 10.1. The molecule has 3 N–H and O–H groups in total. The molecule has 2 aromatic carbocycles. The van der Waals surface area contributed by atoms with Gasteiger partial charge in [0.1, 0.15) is 53.3 Å². The Kier molecular flexibility index (Phi) is 7.36. The molecule has 13 heteroatoms. The SMILES string of the molecule is C=C(F)C(=O)NC1CC(n2nc(-c3ccc(Oc4cc(F)cc(OCc5cnc(C)nc5)c4)cc3)c3c(N)ncnc32)C1. The number of hydrogen-bond acceptors (Lipinski definition) is 9. The molecule has 0 unspecified atom stereocenters. The van der Waals surface area contributed by atoms with E-state index in [1.54, 1.807) is 54.3 Å². The van der Waals surface area contributed by atoms with Crippen LogP contribution in [0.5, 0.6) is 17.2 Å². The van der Waals surface area contributed by atoms with Gasteiger partial charge in [0.25, 0.3) is 5.91 Å². The Hall–Kier alpha value is -5.46. The van der Waals surface area contributed by atoms with Crippen LogP contribution in [0.4, 0.5) is 14.6 Å². The molecule has 11 nitrogen and oxygen atoms in total. The lowest BCUT2D eigenvalue weighted by atomic mass is 9.87. The van der Waals surface area contributed by atoms with Crippen LogP contribution < -0.4 is 20.5 Å². The third-order valence-corrected chi connectivity index (χ3v) is 7.01. The molecule has 43 heavy (non-hydrogen) atoms. The molecule has 1 saturated carbocycles. The van der Waals surface area contributed by atoms with Gasteiger partial charge >= 0.3 is 0 Å². The minimum atomic E-state index is -1.02. The van der Waals surface area contributed by atoms with E-state index < -0.39 is 17.6 Å². The van der Waals surface area contributed by atoms with Crippen molar-refractivity contribution in [3.8, 4) is 28.5 Å². The van der Waals surface area contributed by atoms with E-state index >= 15 is 0 Å². The number of rotatable bonds is 9. The van der Waals surface area contributed by atoms with Gasteiger partial charge in [-0.05, 0) is 44.0 Å². The van der Waals surface area contributed by atoms with Crippen molar-refractivity contribution in [3.63, 3.8) is 0 Å². The summed E-state index contributed by atoms with van der Waals surface area (Å²) in [5.74, 6) is -0.405. The minimum absolute atomic E-state index is 0.0748. The molecule has 0 bridgehead atoms. The first-order valence-electron chi connectivity index (χ1n) is 13.4. The molecule has 1 amide bonds. The largest absolute Gasteiger partial charge is 0.489 e. The molecule has 3 heterocycles. The molecular weight excluding hydrogens is 558 g/mol. The van der Waals surface area contributed by atoms with Crippen LogP contribution in [0.1, 0.15) is 30.3 Å². The quantitative estimate of drug-likeness (QED) is 0.229. The zero-order chi connectivity index (χ0) is 30.1. The predicted octanol–water partition coefficient (Wildman–Crippen LogP) is 4.99. The second kappa shape index (κ2) is 11.4. The van der Waals surface area contributed by atoms with Gasteiger partial charge in [-0.1, -0.05) is 6.58 Å². The standard InChI is InChI=1S/C30H26F2N8O3/c1-16(31)30(41)38-21-9-22(10-21)40-29-26(28(33)36-15-37-29)27(39-40)19-3-5-23(6-4-19)43-25-8-20(32)7-24(11-25)42-14-18-12-34-17(2)35-13-18/h3-8,11-13,15,21-22H,1,9-10,14H2,2H3,(H,38,41)(H2,33,36,37). The molecule has 0 saturated heterocycles. The average molecular weight is 585 g/mol. The maximum absolute atomic E-state index is 14.3. The van der Waals surface area contributed by atoms with Crippen LogP contribution in [0.3, 0.4) is 0 Å². The van der Waals surface area contributed by atoms with Crippen molar-refractivity contribution < 1.29 is 23.0 Å². The number of aromatic nitrogens is 6. The number of anilines is 1. The van der Waals surface area contributed by atoms with Crippen molar-refractivity contribution in [1.29, 1.82) is 0 Å². The van der Waals surface area contributed by atoms with Crippen LogP contribution in [-0.4, -0.2) is 41.7 Å². The lowest BCUT2D eigenvalue weighted by Crippen LogP contribution is -2.45. The number of nitrogens with two attached hydrogens (primary N) is 1. The van der Waals surface area contributed by atoms with Crippen molar-refractivity contribution in [2.24, 2.45) is 0 Å². The molecule has 218 valence electrons. The number of nitrogens with one attached hydrogen (secondary N) is 1. The molecule has 0 atom stereocenters. The van der Waals surface area contributed by atoms with Gasteiger partial charge in [-0.25, -0.2) is 33.4 Å². The molecule has 1 aliphatic rings. The number of carbonyl (C=O) groups excluding carboxylic acids is 1. The van der Waals surface area contributed by atoms with Gasteiger partial charge in [0.05, 0.1) is 11.4 Å². The highest BCUT2D eigenvalue weighted by atomic mass is 19.1. The van der Waals surface area contributed by atoms with E-state index in [0.29, 0.717) is 46.9 Å². The predicted molar refractivity (Wildman–Crippen MR) is 153 cm³/mol. The second-order valence-electron chi connectivity index (χ2n) is 10.1. The van der Waals surface area contributed by atoms with Crippen LogP contribution in [0.2, 0.25) is 0 Å². The van der Waals surface area contributed by atoms with Crippen molar-refractivity contribution in [2.45, 2.75) is 38.5 Å². The van der Waals surface area contributed by atoms with Crippen molar-refractivity contribution in [2.75, 3.05) is 5.73 Å². The molecule has 6 rings (SSSR count). The van der Waals surface area contributed by atoms with E-state index in [2.05, 4.69) is 31.8 Å². The van der Waals surface area contributed by atoms with Crippen molar-refractivity contribution in [1.82, 2.24) is 35.0 Å². The van der Waals surface area contributed by atoms with Crippen molar-refractivity contribution >= 4 is 22.8 Å². The van der Waals surface area contributed by atoms with Crippen LogP contribution in [-0.2, 0) is 11.4 Å². The lowest BCUT2D eigenvalue weighted by Gasteiger charge is -2.35. The first kappa shape index (κ1) is 27.7. The molecule has 3 aromatic heterocycles. The monoisotopic (exact) mass is 584 g/mol. The zero-order valence-corrected chi connectivity index (χ0v) is 23.0. The zero-order valence-electron chi connectivity index (χ0n) is 23.0. The average Bonchev–Trinajstić information content (AvgIpc) is 3.35. The Morgan fingerprint density at radius 2 is 1.79 bits per heavy atom. The number of ether oxygens (including phenoxy) is 2. The first-order chi connectivity index (χ1) is 20.7. The van der Waals surface area contributed by atoms with Gasteiger partial charge in [-0.15, -0.1) is 0 Å². The summed E-state index contributed by atoms with van der Waals surface area (Å²) < 4.78 is 40.8. The molecule has 1 fully saturated rings. The Labute approximate surface area is 244 Å². The Morgan fingerprint density at radius 1 is 1.07 bits per heavy atom. The van der Waals surface area contributed by atoms with Crippen molar-refractivity contribution in [3.05, 3.63) is 90.8 Å². The van der Waals surface area contributed by atoms with E-state index in [9.17, 15) is 13.6 Å². The summed E-state index contributed by atoms with van der Waals surface area (Å²) in [5.41, 5.74) is 8.84. The lowest BCUT2D eigenvalue weighted by molar-refractivity contribution is -0.120. The first-order valence-corrected chi connectivity index (χ1v) is 13.4. The highest BCUT2D eigenvalue weighted by Gasteiger charge is 2.35. The fourth-order valence-corrected chi connectivity index (χ4v) is 4.78. The van der Waals surface area contributed by atoms with Crippen LogP contribution in [0.25, 0.3) is 22.3 Å². The molecule has 0 aliphatic heterocycles. The number of carbonyl (C=O) groups is 1.